The Hall–Kier alpha value is -1.50. The summed E-state index contributed by atoms with van der Waals surface area (Å²) < 4.78 is -0.911. The Balaban J connectivity index is 2.76. The van der Waals surface area contributed by atoms with Gasteiger partial charge < -0.3 is 30.6 Å². The molecular weight excluding hydrogens is 628 g/mol. The number of rotatable bonds is 4. The minimum atomic E-state index is -1.42. The van der Waals surface area contributed by atoms with E-state index in [4.69, 9.17) is 0 Å². The smallest absolute Gasteiger partial charge is 0.338 e. The monoisotopic (exact) mass is 632 g/mol. The molecule has 0 radical (unpaired) electrons. The number of carbonyl (C=O) groups is 2. The molecule has 0 spiro atoms. The second-order valence-corrected chi connectivity index (χ2v) is 8.32. The standard InChI is InChI=1S/C15H8Br4O8/c16-6-4(14(24)25)7(17)11(21)2(10(6)20)1-3-12(22)8(18)5(15(26)27)9(19)13(3)23/h20-23H,1H2,(H,24,25)(H,26,27). The van der Waals surface area contributed by atoms with Crippen molar-refractivity contribution >= 4 is 75.7 Å². The van der Waals surface area contributed by atoms with Gasteiger partial charge in [0.25, 0.3) is 0 Å². The molecule has 0 fully saturated rings. The van der Waals surface area contributed by atoms with Crippen LogP contribution in [-0.2, 0) is 6.42 Å². The molecule has 144 valence electrons. The zero-order chi connectivity index (χ0) is 20.8. The van der Waals surface area contributed by atoms with Gasteiger partial charge in [0.1, 0.15) is 23.0 Å². The van der Waals surface area contributed by atoms with E-state index in [0.29, 0.717) is 0 Å². The molecule has 2 aromatic carbocycles. The van der Waals surface area contributed by atoms with Gasteiger partial charge in [-0.05, 0) is 63.7 Å². The van der Waals surface area contributed by atoms with Crippen LogP contribution in [0.1, 0.15) is 31.8 Å². The first-order valence-corrected chi connectivity index (χ1v) is 9.88. The fourth-order valence-corrected chi connectivity index (χ4v) is 5.27. The molecule has 0 heterocycles. The zero-order valence-electron chi connectivity index (χ0n) is 12.7. The van der Waals surface area contributed by atoms with Crippen molar-refractivity contribution in [3.8, 4) is 23.0 Å². The highest BCUT2D eigenvalue weighted by atomic mass is 79.9. The van der Waals surface area contributed by atoms with Gasteiger partial charge in [-0.2, -0.15) is 0 Å². The summed E-state index contributed by atoms with van der Waals surface area (Å²) in [6, 6.07) is 0. The number of carboxylic acids is 2. The van der Waals surface area contributed by atoms with Gasteiger partial charge in [0.15, 0.2) is 0 Å². The molecule has 6 N–H and O–H groups in total. The van der Waals surface area contributed by atoms with E-state index in [0.717, 1.165) is 0 Å². The number of halogens is 4. The molecule has 0 aliphatic rings. The summed E-state index contributed by atoms with van der Waals surface area (Å²) in [4.78, 5) is 22.6. The lowest BCUT2D eigenvalue weighted by molar-refractivity contribution is 0.0683. The Labute approximate surface area is 184 Å². The fourth-order valence-electron chi connectivity index (χ4n) is 2.31. The molecule has 27 heavy (non-hydrogen) atoms. The van der Waals surface area contributed by atoms with Crippen LogP contribution in [0.4, 0.5) is 0 Å². The van der Waals surface area contributed by atoms with Crippen LogP contribution in [0.5, 0.6) is 23.0 Å². The minimum absolute atomic E-state index is 0.216. The van der Waals surface area contributed by atoms with Crippen molar-refractivity contribution < 1.29 is 40.2 Å². The topological polar surface area (TPSA) is 156 Å². The molecule has 2 aromatic rings. The van der Waals surface area contributed by atoms with Crippen LogP contribution in [0, 0.1) is 0 Å². The maximum atomic E-state index is 11.3. The molecule has 0 unspecified atom stereocenters. The van der Waals surface area contributed by atoms with Gasteiger partial charge in [-0.3, -0.25) is 0 Å². The van der Waals surface area contributed by atoms with Crippen molar-refractivity contribution in [2.24, 2.45) is 0 Å². The number of benzene rings is 2. The molecule has 8 nitrogen and oxygen atoms in total. The number of aromatic carboxylic acids is 2. The number of phenols is 4. The second-order valence-electron chi connectivity index (χ2n) is 5.14. The molecule has 0 aliphatic carbocycles. The van der Waals surface area contributed by atoms with Crippen molar-refractivity contribution in [3.63, 3.8) is 0 Å². The number of hydrogen-bond donors (Lipinski definition) is 6. The van der Waals surface area contributed by atoms with E-state index in [1.807, 2.05) is 0 Å². The van der Waals surface area contributed by atoms with Gasteiger partial charge in [-0.15, -0.1) is 0 Å². The third-order valence-electron chi connectivity index (χ3n) is 3.63. The van der Waals surface area contributed by atoms with E-state index in [2.05, 4.69) is 63.7 Å². The highest BCUT2D eigenvalue weighted by Crippen LogP contribution is 2.49. The summed E-state index contributed by atoms with van der Waals surface area (Å²) in [5.41, 5.74) is -1.28. The van der Waals surface area contributed by atoms with Crippen molar-refractivity contribution in [2.45, 2.75) is 6.42 Å². The quantitative estimate of drug-likeness (QED) is 0.286. The predicted molar refractivity (Wildman–Crippen MR) is 107 cm³/mol. The Morgan fingerprint density at radius 3 is 1.00 bits per heavy atom. The molecule has 0 saturated carbocycles. The second kappa shape index (κ2) is 7.86. The van der Waals surface area contributed by atoms with E-state index in [1.165, 1.54) is 0 Å². The number of phenolic OH excluding ortho intramolecular Hbond substituents is 4. The number of aromatic hydroxyl groups is 4. The first-order valence-electron chi connectivity index (χ1n) is 6.71. The normalized spacial score (nSPS) is 10.8. The van der Waals surface area contributed by atoms with Crippen molar-refractivity contribution in [1.29, 1.82) is 0 Å². The van der Waals surface area contributed by atoms with E-state index in [-0.39, 0.29) is 29.0 Å². The lowest BCUT2D eigenvalue weighted by Crippen LogP contribution is -2.05. The van der Waals surface area contributed by atoms with E-state index < -0.39 is 52.5 Å². The third kappa shape index (κ3) is 3.62. The van der Waals surface area contributed by atoms with Gasteiger partial charge in [0.05, 0.1) is 29.0 Å². The maximum absolute atomic E-state index is 11.3. The van der Waals surface area contributed by atoms with Crippen molar-refractivity contribution in [2.75, 3.05) is 0 Å². The maximum Gasteiger partial charge on any atom is 0.338 e. The van der Waals surface area contributed by atoms with Crippen LogP contribution in [0.3, 0.4) is 0 Å². The van der Waals surface area contributed by atoms with E-state index in [9.17, 15) is 40.2 Å². The van der Waals surface area contributed by atoms with E-state index >= 15 is 0 Å². The molecule has 0 bridgehead atoms. The summed E-state index contributed by atoms with van der Waals surface area (Å²) in [6.45, 7) is 0. The minimum Gasteiger partial charge on any atom is -0.506 e. The van der Waals surface area contributed by atoms with Crippen LogP contribution in [0.15, 0.2) is 17.9 Å². The van der Waals surface area contributed by atoms with Gasteiger partial charge >= 0.3 is 11.9 Å². The fraction of sp³-hybridized carbons (Fsp3) is 0.0667. The SMILES string of the molecule is O=C(O)c1c(Br)c(O)c(Cc2c(O)c(Br)c(C(=O)O)c(Br)c2O)c(O)c1Br. The molecule has 0 saturated heterocycles. The largest absolute Gasteiger partial charge is 0.506 e. The Bertz CT molecular complexity index is 865. The molecule has 0 aromatic heterocycles. The highest BCUT2D eigenvalue weighted by Gasteiger charge is 2.29. The molecule has 0 aliphatic heterocycles. The Kier molecular flexibility index (Phi) is 6.34. The average Bonchev–Trinajstić information content (AvgIpc) is 2.57. The number of carboxylic acid groups (broad SMARTS) is 2. The summed E-state index contributed by atoms with van der Waals surface area (Å²) in [5.74, 6) is -5.34. The van der Waals surface area contributed by atoms with Gasteiger partial charge in [0.2, 0.25) is 0 Å². The first kappa shape index (κ1) is 21.8. The predicted octanol–water partition coefficient (Wildman–Crippen LogP) is 4.55. The summed E-state index contributed by atoms with van der Waals surface area (Å²) in [6.07, 6.45) is -0.455. The molecule has 0 atom stereocenters. The van der Waals surface area contributed by atoms with Crippen molar-refractivity contribution in [3.05, 3.63) is 40.1 Å². The van der Waals surface area contributed by atoms with Crippen LogP contribution in [-0.4, -0.2) is 42.6 Å². The van der Waals surface area contributed by atoms with E-state index in [1.54, 1.807) is 0 Å². The zero-order valence-corrected chi connectivity index (χ0v) is 19.1. The van der Waals surface area contributed by atoms with Gasteiger partial charge in [0, 0.05) is 17.5 Å². The average molecular weight is 636 g/mol. The Morgan fingerprint density at radius 1 is 0.593 bits per heavy atom. The highest BCUT2D eigenvalue weighted by molar-refractivity contribution is 9.11. The van der Waals surface area contributed by atoms with Crippen LogP contribution < -0.4 is 0 Å². The van der Waals surface area contributed by atoms with Gasteiger partial charge in [-0.1, -0.05) is 0 Å². The lowest BCUT2D eigenvalue weighted by atomic mass is 9.98. The molecule has 12 heteroatoms. The summed E-state index contributed by atoms with van der Waals surface area (Å²) >= 11 is 11.7. The lowest BCUT2D eigenvalue weighted by Gasteiger charge is -2.17. The molecule has 0 amide bonds. The number of hydrogen-bond acceptors (Lipinski definition) is 6. The molecular formula is C15H8Br4O8. The summed E-state index contributed by atoms with van der Waals surface area (Å²) in [5, 5.41) is 59.5. The van der Waals surface area contributed by atoms with Crippen molar-refractivity contribution in [1.82, 2.24) is 0 Å². The van der Waals surface area contributed by atoms with Crippen LogP contribution in [0.25, 0.3) is 0 Å². The Morgan fingerprint density at radius 2 is 0.815 bits per heavy atom. The third-order valence-corrected chi connectivity index (χ3v) is 6.72. The summed E-state index contributed by atoms with van der Waals surface area (Å²) in [7, 11) is 0. The van der Waals surface area contributed by atoms with Gasteiger partial charge in [-0.25, -0.2) is 9.59 Å². The van der Waals surface area contributed by atoms with Crippen LogP contribution >= 0.6 is 63.7 Å². The van der Waals surface area contributed by atoms with Crippen LogP contribution in [0.2, 0.25) is 0 Å². The first-order chi connectivity index (χ1) is 12.4. The molecule has 2 rings (SSSR count).